The molecule has 0 aliphatic carbocycles. The maximum absolute atomic E-state index is 12.7. The first-order chi connectivity index (χ1) is 12.1. The molecule has 0 N–H and O–H groups in total. The van der Waals surface area contributed by atoms with Crippen molar-refractivity contribution in [2.75, 3.05) is 13.7 Å². The van der Waals surface area contributed by atoms with E-state index in [9.17, 15) is 4.79 Å². The van der Waals surface area contributed by atoms with Crippen molar-refractivity contribution >= 4 is 17.5 Å². The van der Waals surface area contributed by atoms with Crippen molar-refractivity contribution < 1.29 is 9.53 Å². The number of likely N-dealkylation sites (tertiary alicyclic amines) is 1. The van der Waals surface area contributed by atoms with Gasteiger partial charge in [-0.15, -0.1) is 0 Å². The maximum Gasteiger partial charge on any atom is 0.223 e. The summed E-state index contributed by atoms with van der Waals surface area (Å²) in [5, 5.41) is 0.766. The van der Waals surface area contributed by atoms with Crippen LogP contribution in [0.4, 0.5) is 0 Å². The number of carbonyl (C=O) groups is 1. The van der Waals surface area contributed by atoms with Gasteiger partial charge in [0.25, 0.3) is 0 Å². The molecule has 1 aliphatic heterocycles. The third-order valence-corrected chi connectivity index (χ3v) is 5.34. The lowest BCUT2D eigenvalue weighted by Gasteiger charge is -2.25. The topological polar surface area (TPSA) is 29.5 Å². The van der Waals surface area contributed by atoms with Gasteiger partial charge in [-0.05, 0) is 61.1 Å². The Morgan fingerprint density at radius 3 is 2.68 bits per heavy atom. The quantitative estimate of drug-likeness (QED) is 0.757. The summed E-state index contributed by atoms with van der Waals surface area (Å²) in [7, 11) is 1.66. The van der Waals surface area contributed by atoms with E-state index >= 15 is 0 Å². The van der Waals surface area contributed by atoms with Gasteiger partial charge in [-0.2, -0.15) is 0 Å². The van der Waals surface area contributed by atoms with Crippen LogP contribution in [0.1, 0.15) is 42.0 Å². The molecule has 4 heteroatoms. The summed E-state index contributed by atoms with van der Waals surface area (Å²) in [5.41, 5.74) is 3.37. The number of hydrogen-bond donors (Lipinski definition) is 0. The van der Waals surface area contributed by atoms with E-state index in [0.717, 1.165) is 47.7 Å². The molecule has 0 radical (unpaired) electrons. The molecule has 1 saturated heterocycles. The predicted octanol–water partition coefficient (Wildman–Crippen LogP) is 4.95. The highest BCUT2D eigenvalue weighted by Gasteiger charge is 2.29. The van der Waals surface area contributed by atoms with E-state index in [0.29, 0.717) is 6.42 Å². The van der Waals surface area contributed by atoms with E-state index in [4.69, 9.17) is 16.3 Å². The number of rotatable bonds is 5. The molecular weight excluding hydrogens is 334 g/mol. The number of carbonyl (C=O) groups excluding carboxylic acids is 1. The summed E-state index contributed by atoms with van der Waals surface area (Å²) < 4.78 is 5.22. The minimum Gasteiger partial charge on any atom is -0.497 e. The standard InChI is InChI=1S/C21H24ClNO2/c1-15-5-6-16(14-19(15)22)7-12-21(24)23-13-3-4-20(23)17-8-10-18(25-2)11-9-17/h5-6,8-11,14,20H,3-4,7,12-13H2,1-2H3/t20-/m0/s1. The zero-order valence-corrected chi connectivity index (χ0v) is 15.6. The second kappa shape index (κ2) is 7.92. The second-order valence-electron chi connectivity index (χ2n) is 6.60. The monoisotopic (exact) mass is 357 g/mol. The minimum absolute atomic E-state index is 0.181. The first-order valence-corrected chi connectivity index (χ1v) is 9.14. The fraction of sp³-hybridized carbons (Fsp3) is 0.381. The largest absolute Gasteiger partial charge is 0.497 e. The molecule has 1 heterocycles. The number of ether oxygens (including phenoxy) is 1. The van der Waals surface area contributed by atoms with E-state index in [2.05, 4.69) is 18.2 Å². The third-order valence-electron chi connectivity index (χ3n) is 4.94. The molecule has 1 amide bonds. The van der Waals surface area contributed by atoms with Crippen LogP contribution in [0.5, 0.6) is 5.75 Å². The van der Waals surface area contributed by atoms with Gasteiger partial charge < -0.3 is 9.64 Å². The normalized spacial score (nSPS) is 16.9. The molecule has 1 fully saturated rings. The lowest BCUT2D eigenvalue weighted by atomic mass is 10.0. The first kappa shape index (κ1) is 17.8. The number of hydrogen-bond acceptors (Lipinski definition) is 2. The van der Waals surface area contributed by atoms with Crippen LogP contribution < -0.4 is 4.74 Å². The van der Waals surface area contributed by atoms with Crippen LogP contribution in [0.15, 0.2) is 42.5 Å². The van der Waals surface area contributed by atoms with E-state index in [1.54, 1.807) is 7.11 Å². The van der Waals surface area contributed by atoms with Crippen LogP contribution >= 0.6 is 11.6 Å². The summed E-state index contributed by atoms with van der Waals surface area (Å²) in [5.74, 6) is 1.06. The smallest absolute Gasteiger partial charge is 0.223 e. The highest BCUT2D eigenvalue weighted by Crippen LogP contribution is 2.33. The summed E-state index contributed by atoms with van der Waals surface area (Å²) in [4.78, 5) is 14.8. The molecule has 2 aromatic carbocycles. The van der Waals surface area contributed by atoms with Gasteiger partial charge >= 0.3 is 0 Å². The van der Waals surface area contributed by atoms with Gasteiger partial charge in [0.15, 0.2) is 0 Å². The molecule has 3 nitrogen and oxygen atoms in total. The molecule has 0 unspecified atom stereocenters. The Kier molecular flexibility index (Phi) is 5.64. The van der Waals surface area contributed by atoms with E-state index < -0.39 is 0 Å². The number of methoxy groups -OCH3 is 1. The van der Waals surface area contributed by atoms with Crippen molar-refractivity contribution in [2.45, 2.75) is 38.6 Å². The van der Waals surface area contributed by atoms with Crippen LogP contribution in [-0.4, -0.2) is 24.5 Å². The Labute approximate surface area is 154 Å². The van der Waals surface area contributed by atoms with Crippen LogP contribution in [0.3, 0.4) is 0 Å². The second-order valence-corrected chi connectivity index (χ2v) is 7.01. The van der Waals surface area contributed by atoms with Crippen molar-refractivity contribution in [3.8, 4) is 5.75 Å². The first-order valence-electron chi connectivity index (χ1n) is 8.77. The average molecular weight is 358 g/mol. The maximum atomic E-state index is 12.7. The molecule has 25 heavy (non-hydrogen) atoms. The summed E-state index contributed by atoms with van der Waals surface area (Å²) >= 11 is 6.18. The van der Waals surface area contributed by atoms with Crippen LogP contribution in [0.2, 0.25) is 5.02 Å². The van der Waals surface area contributed by atoms with Crippen molar-refractivity contribution in [3.05, 3.63) is 64.2 Å². The van der Waals surface area contributed by atoms with Gasteiger partial charge in [0.2, 0.25) is 5.91 Å². The molecule has 0 saturated carbocycles. The fourth-order valence-corrected chi connectivity index (χ4v) is 3.63. The Hall–Kier alpha value is -2.00. The van der Waals surface area contributed by atoms with Gasteiger partial charge in [0.05, 0.1) is 13.2 Å². The van der Waals surface area contributed by atoms with Crippen molar-refractivity contribution in [3.63, 3.8) is 0 Å². The number of amides is 1. The molecule has 132 valence electrons. The lowest BCUT2D eigenvalue weighted by Crippen LogP contribution is -2.30. The van der Waals surface area contributed by atoms with Crippen molar-refractivity contribution in [1.29, 1.82) is 0 Å². The average Bonchev–Trinajstić information content (AvgIpc) is 3.12. The zero-order valence-electron chi connectivity index (χ0n) is 14.8. The fourth-order valence-electron chi connectivity index (χ4n) is 3.42. The number of nitrogens with zero attached hydrogens (tertiary/aromatic N) is 1. The SMILES string of the molecule is COc1ccc([C@@H]2CCCN2C(=O)CCc2ccc(C)c(Cl)c2)cc1. The molecule has 0 spiro atoms. The Bertz CT molecular complexity index is 742. The molecule has 0 bridgehead atoms. The Morgan fingerprint density at radius 1 is 1.24 bits per heavy atom. The predicted molar refractivity (Wildman–Crippen MR) is 101 cm³/mol. The van der Waals surface area contributed by atoms with Crippen LogP contribution in [-0.2, 0) is 11.2 Å². The molecule has 1 atom stereocenters. The van der Waals surface area contributed by atoms with Gasteiger partial charge in [-0.25, -0.2) is 0 Å². The lowest BCUT2D eigenvalue weighted by molar-refractivity contribution is -0.132. The Morgan fingerprint density at radius 2 is 2.00 bits per heavy atom. The highest BCUT2D eigenvalue weighted by molar-refractivity contribution is 6.31. The van der Waals surface area contributed by atoms with Crippen LogP contribution in [0.25, 0.3) is 0 Å². The number of halogens is 1. The molecule has 1 aliphatic rings. The number of aryl methyl sites for hydroxylation is 2. The zero-order chi connectivity index (χ0) is 17.8. The summed E-state index contributed by atoms with van der Waals surface area (Å²) in [6.45, 7) is 2.82. The highest BCUT2D eigenvalue weighted by atomic mass is 35.5. The Balaban J connectivity index is 1.64. The molecular formula is C21H24ClNO2. The summed E-state index contributed by atoms with van der Waals surface area (Å²) in [6.07, 6.45) is 3.32. The molecule has 2 aromatic rings. The molecule has 3 rings (SSSR count). The van der Waals surface area contributed by atoms with E-state index in [1.807, 2.05) is 36.1 Å². The van der Waals surface area contributed by atoms with Crippen molar-refractivity contribution in [1.82, 2.24) is 4.90 Å². The summed E-state index contributed by atoms with van der Waals surface area (Å²) in [6, 6.07) is 14.3. The van der Waals surface area contributed by atoms with Gasteiger partial charge in [0.1, 0.15) is 5.75 Å². The number of benzene rings is 2. The van der Waals surface area contributed by atoms with Gasteiger partial charge in [-0.3, -0.25) is 4.79 Å². The van der Waals surface area contributed by atoms with E-state index in [-0.39, 0.29) is 11.9 Å². The van der Waals surface area contributed by atoms with Crippen molar-refractivity contribution in [2.24, 2.45) is 0 Å². The minimum atomic E-state index is 0.181. The molecule has 0 aromatic heterocycles. The van der Waals surface area contributed by atoms with Gasteiger partial charge in [0, 0.05) is 18.0 Å². The van der Waals surface area contributed by atoms with E-state index in [1.165, 1.54) is 5.56 Å². The third kappa shape index (κ3) is 4.16. The van der Waals surface area contributed by atoms with Gasteiger partial charge in [-0.1, -0.05) is 35.9 Å². The van der Waals surface area contributed by atoms with Crippen LogP contribution in [0, 0.1) is 6.92 Å².